The van der Waals surface area contributed by atoms with Crippen molar-refractivity contribution in [1.82, 2.24) is 0 Å². The first-order valence-corrected chi connectivity index (χ1v) is 6.14. The van der Waals surface area contributed by atoms with E-state index < -0.39 is 30.7 Å². The number of ether oxygens (including phenoxy) is 2. The summed E-state index contributed by atoms with van der Waals surface area (Å²) in [4.78, 5) is 0. The van der Waals surface area contributed by atoms with Crippen molar-refractivity contribution in [3.63, 3.8) is 0 Å². The van der Waals surface area contributed by atoms with Crippen LogP contribution in [0.4, 0.5) is 0 Å². The summed E-state index contributed by atoms with van der Waals surface area (Å²) in [6, 6.07) is 8.77. The van der Waals surface area contributed by atoms with Gasteiger partial charge in [0.1, 0.15) is 30.2 Å². The van der Waals surface area contributed by atoms with Crippen molar-refractivity contribution >= 4 is 11.6 Å². The number of halogens is 1. The normalized spacial score (nSPS) is 36.3. The maximum Gasteiger partial charge on any atom is 0.229 e. The summed E-state index contributed by atoms with van der Waals surface area (Å²) in [6.07, 6.45) is -5.75. The van der Waals surface area contributed by atoms with E-state index >= 15 is 0 Å². The van der Waals surface area contributed by atoms with Crippen molar-refractivity contribution in [3.05, 3.63) is 30.3 Å². The van der Waals surface area contributed by atoms with Gasteiger partial charge in [0.25, 0.3) is 0 Å². The molecule has 0 saturated carbocycles. The standard InChI is InChI=1S/C12H15ClO5/c13-6-8-9(14)10(15)11(16)12(18-8)17-7-4-2-1-3-5-7/h1-5,8-12,14-16H,6H2/t8-,9-,10+,11-,12-/m1/s1. The molecule has 0 bridgehead atoms. The van der Waals surface area contributed by atoms with E-state index in [1.165, 1.54) is 0 Å². The van der Waals surface area contributed by atoms with Crippen LogP contribution in [0.5, 0.6) is 5.75 Å². The number of benzene rings is 1. The van der Waals surface area contributed by atoms with Crippen LogP contribution in [0.1, 0.15) is 0 Å². The maximum absolute atomic E-state index is 9.78. The molecule has 1 heterocycles. The molecular weight excluding hydrogens is 260 g/mol. The first kappa shape index (κ1) is 13.6. The minimum atomic E-state index is -1.35. The number of aliphatic hydroxyl groups excluding tert-OH is 3. The lowest BCUT2D eigenvalue weighted by Crippen LogP contribution is -2.59. The summed E-state index contributed by atoms with van der Waals surface area (Å²) in [7, 11) is 0. The Morgan fingerprint density at radius 1 is 1.06 bits per heavy atom. The summed E-state index contributed by atoms with van der Waals surface area (Å²) in [5.74, 6) is 0.498. The van der Waals surface area contributed by atoms with Crippen LogP contribution < -0.4 is 4.74 Å². The Hall–Kier alpha value is -0.850. The van der Waals surface area contributed by atoms with E-state index in [0.29, 0.717) is 5.75 Å². The monoisotopic (exact) mass is 274 g/mol. The molecule has 1 fully saturated rings. The SMILES string of the molecule is O[C@@H]1[C@@H](O)[C@H](Oc2ccccc2)O[C@H](CCl)[C@H]1O. The molecule has 1 aliphatic heterocycles. The highest BCUT2D eigenvalue weighted by molar-refractivity contribution is 6.18. The highest BCUT2D eigenvalue weighted by Crippen LogP contribution is 2.24. The zero-order valence-electron chi connectivity index (χ0n) is 9.52. The van der Waals surface area contributed by atoms with Crippen LogP contribution in [0.15, 0.2) is 30.3 Å². The fraction of sp³-hybridized carbons (Fsp3) is 0.500. The summed E-state index contributed by atoms with van der Waals surface area (Å²) in [6.45, 7) is 0. The molecule has 5 atom stereocenters. The van der Waals surface area contributed by atoms with Gasteiger partial charge in [0.15, 0.2) is 0 Å². The Balaban J connectivity index is 2.08. The number of aliphatic hydroxyl groups is 3. The third-order valence-corrected chi connectivity index (χ3v) is 3.12. The van der Waals surface area contributed by atoms with Crippen molar-refractivity contribution in [3.8, 4) is 5.75 Å². The molecular formula is C12H15ClO5. The molecule has 5 nitrogen and oxygen atoms in total. The first-order chi connectivity index (χ1) is 8.63. The van der Waals surface area contributed by atoms with Gasteiger partial charge < -0.3 is 24.8 Å². The molecule has 6 heteroatoms. The number of para-hydroxylation sites is 1. The van der Waals surface area contributed by atoms with E-state index in [2.05, 4.69) is 0 Å². The number of hydrogen-bond donors (Lipinski definition) is 3. The van der Waals surface area contributed by atoms with Crippen LogP contribution >= 0.6 is 11.6 Å². The van der Waals surface area contributed by atoms with E-state index in [0.717, 1.165) is 0 Å². The lowest BCUT2D eigenvalue weighted by molar-refractivity contribution is -0.267. The van der Waals surface area contributed by atoms with E-state index in [1.54, 1.807) is 24.3 Å². The van der Waals surface area contributed by atoms with Crippen LogP contribution in [0.2, 0.25) is 0 Å². The molecule has 100 valence electrons. The fourth-order valence-corrected chi connectivity index (χ4v) is 2.03. The van der Waals surface area contributed by atoms with Gasteiger partial charge in [0.2, 0.25) is 6.29 Å². The van der Waals surface area contributed by atoms with Gasteiger partial charge in [0.05, 0.1) is 5.88 Å². The molecule has 1 aromatic carbocycles. The van der Waals surface area contributed by atoms with Crippen LogP contribution in [0, 0.1) is 0 Å². The second-order valence-corrected chi connectivity index (χ2v) is 4.41. The lowest BCUT2D eigenvalue weighted by atomic mass is 10.00. The van der Waals surface area contributed by atoms with E-state index in [4.69, 9.17) is 21.1 Å². The zero-order valence-corrected chi connectivity index (χ0v) is 10.3. The van der Waals surface area contributed by atoms with Gasteiger partial charge in [-0.05, 0) is 12.1 Å². The molecule has 1 saturated heterocycles. The Bertz CT molecular complexity index is 372. The fourth-order valence-electron chi connectivity index (χ4n) is 1.77. The maximum atomic E-state index is 9.78. The molecule has 3 N–H and O–H groups in total. The molecule has 0 spiro atoms. The van der Waals surface area contributed by atoms with Gasteiger partial charge in [-0.2, -0.15) is 0 Å². The molecule has 1 aromatic rings. The minimum Gasteiger partial charge on any atom is -0.462 e. The van der Waals surface area contributed by atoms with Gasteiger partial charge in [0, 0.05) is 0 Å². The lowest BCUT2D eigenvalue weighted by Gasteiger charge is -2.39. The minimum absolute atomic E-state index is 0.000400. The number of rotatable bonds is 3. The average molecular weight is 275 g/mol. The topological polar surface area (TPSA) is 79.2 Å². The summed E-state index contributed by atoms with van der Waals surface area (Å²) >= 11 is 5.62. The molecule has 0 unspecified atom stereocenters. The van der Waals surface area contributed by atoms with Gasteiger partial charge in [-0.25, -0.2) is 0 Å². The van der Waals surface area contributed by atoms with Crippen molar-refractivity contribution < 1.29 is 24.8 Å². The Morgan fingerprint density at radius 2 is 1.72 bits per heavy atom. The molecule has 18 heavy (non-hydrogen) atoms. The van der Waals surface area contributed by atoms with Crippen molar-refractivity contribution in [2.75, 3.05) is 5.88 Å². The summed E-state index contributed by atoms with van der Waals surface area (Å²) in [5, 5.41) is 29.1. The Kier molecular flexibility index (Phi) is 4.42. The number of hydrogen-bond acceptors (Lipinski definition) is 5. The van der Waals surface area contributed by atoms with Gasteiger partial charge >= 0.3 is 0 Å². The van der Waals surface area contributed by atoms with Gasteiger partial charge in [-0.1, -0.05) is 18.2 Å². The zero-order chi connectivity index (χ0) is 13.1. The van der Waals surface area contributed by atoms with Crippen LogP contribution in [-0.4, -0.2) is 51.9 Å². The van der Waals surface area contributed by atoms with Crippen LogP contribution in [-0.2, 0) is 4.74 Å². The second kappa shape index (κ2) is 5.86. The van der Waals surface area contributed by atoms with E-state index in [-0.39, 0.29) is 5.88 Å². The molecule has 2 rings (SSSR count). The van der Waals surface area contributed by atoms with Crippen LogP contribution in [0.25, 0.3) is 0 Å². The highest BCUT2D eigenvalue weighted by Gasteiger charge is 2.44. The summed E-state index contributed by atoms with van der Waals surface area (Å²) in [5.41, 5.74) is 0. The Morgan fingerprint density at radius 3 is 2.33 bits per heavy atom. The predicted molar refractivity (Wildman–Crippen MR) is 64.5 cm³/mol. The third kappa shape index (κ3) is 2.76. The predicted octanol–water partition coefficient (Wildman–Crippen LogP) is 0.112. The third-order valence-electron chi connectivity index (χ3n) is 2.82. The smallest absolute Gasteiger partial charge is 0.229 e. The average Bonchev–Trinajstić information content (AvgIpc) is 2.40. The van der Waals surface area contributed by atoms with E-state index in [9.17, 15) is 15.3 Å². The Labute approximate surface area is 110 Å². The summed E-state index contributed by atoms with van der Waals surface area (Å²) < 4.78 is 10.7. The second-order valence-electron chi connectivity index (χ2n) is 4.10. The molecule has 1 aliphatic rings. The van der Waals surface area contributed by atoms with Crippen LogP contribution in [0.3, 0.4) is 0 Å². The van der Waals surface area contributed by atoms with Crippen molar-refractivity contribution in [1.29, 1.82) is 0 Å². The van der Waals surface area contributed by atoms with Gasteiger partial charge in [-0.3, -0.25) is 0 Å². The molecule has 0 amide bonds. The molecule has 0 radical (unpaired) electrons. The van der Waals surface area contributed by atoms with Crippen molar-refractivity contribution in [2.24, 2.45) is 0 Å². The first-order valence-electron chi connectivity index (χ1n) is 5.61. The highest BCUT2D eigenvalue weighted by atomic mass is 35.5. The van der Waals surface area contributed by atoms with Gasteiger partial charge in [-0.15, -0.1) is 11.6 Å². The quantitative estimate of drug-likeness (QED) is 0.682. The van der Waals surface area contributed by atoms with Crippen molar-refractivity contribution in [2.45, 2.75) is 30.7 Å². The number of alkyl halides is 1. The molecule has 0 aromatic heterocycles. The molecule has 0 aliphatic carbocycles. The largest absolute Gasteiger partial charge is 0.462 e. The van der Waals surface area contributed by atoms with E-state index in [1.807, 2.05) is 6.07 Å².